The van der Waals surface area contributed by atoms with Gasteiger partial charge in [-0.3, -0.25) is 4.79 Å². The molecule has 5 nitrogen and oxygen atoms in total. The third kappa shape index (κ3) is 11.3. The highest BCUT2D eigenvalue weighted by Gasteiger charge is 2.20. The van der Waals surface area contributed by atoms with Crippen LogP contribution in [0.1, 0.15) is 64.0 Å². The van der Waals surface area contributed by atoms with Crippen LogP contribution in [-0.2, 0) is 31.9 Å². The lowest BCUT2D eigenvalue weighted by Gasteiger charge is -2.15. The molecule has 0 fully saturated rings. The number of rotatable bonds is 14. The van der Waals surface area contributed by atoms with Gasteiger partial charge in [-0.1, -0.05) is 50.5 Å². The Morgan fingerprint density at radius 2 is 1.64 bits per heavy atom. The van der Waals surface area contributed by atoms with Gasteiger partial charge in [0.05, 0.1) is 6.61 Å². The van der Waals surface area contributed by atoms with E-state index in [1.54, 1.807) is 6.92 Å². The molecule has 0 unspecified atom stereocenters. The van der Waals surface area contributed by atoms with Gasteiger partial charge < -0.3 is 14.8 Å². The zero-order valence-electron chi connectivity index (χ0n) is 17.5. The number of halogens is 1. The molecular formula is C22H36ClNO4. The maximum Gasteiger partial charge on any atom is 0.335 e. The Labute approximate surface area is 176 Å². The fourth-order valence-corrected chi connectivity index (χ4v) is 2.85. The molecule has 1 rings (SSSR count). The van der Waals surface area contributed by atoms with E-state index in [2.05, 4.69) is 12.2 Å². The minimum Gasteiger partial charge on any atom is -0.464 e. The first-order valence-corrected chi connectivity index (χ1v) is 10.2. The topological polar surface area (TPSA) is 64.6 Å². The van der Waals surface area contributed by atoms with Crippen LogP contribution in [-0.4, -0.2) is 37.7 Å². The van der Waals surface area contributed by atoms with E-state index in [1.165, 1.54) is 12.8 Å². The molecule has 0 radical (unpaired) electrons. The monoisotopic (exact) mass is 413 g/mol. The average molecular weight is 414 g/mol. The second-order valence-electron chi connectivity index (χ2n) is 6.63. The third-order valence-electron chi connectivity index (χ3n) is 4.35. The van der Waals surface area contributed by atoms with E-state index in [-0.39, 0.29) is 24.3 Å². The summed E-state index contributed by atoms with van der Waals surface area (Å²) in [5.74, 6) is -0.179. The van der Waals surface area contributed by atoms with Crippen molar-refractivity contribution >= 4 is 24.3 Å². The fourth-order valence-electron chi connectivity index (χ4n) is 2.85. The Hall–Kier alpha value is -1.59. The molecule has 1 aromatic carbocycles. The summed E-state index contributed by atoms with van der Waals surface area (Å²) in [6.45, 7) is 7.30. The number of ether oxygens (including phenoxy) is 2. The number of carbonyl (C=O) groups excluding carboxylic acids is 2. The van der Waals surface area contributed by atoms with Gasteiger partial charge in [0.25, 0.3) is 0 Å². The van der Waals surface area contributed by atoms with Gasteiger partial charge in [-0.05, 0) is 37.8 Å². The van der Waals surface area contributed by atoms with E-state index in [9.17, 15) is 9.59 Å². The summed E-state index contributed by atoms with van der Waals surface area (Å²) in [7, 11) is 0. The predicted octanol–water partition coefficient (Wildman–Crippen LogP) is 4.25. The number of nitrogens with one attached hydrogen (secondary N) is 1. The molecule has 0 saturated carbocycles. The number of unbranched alkanes of at least 4 members (excludes halogenated alkanes) is 3. The van der Waals surface area contributed by atoms with E-state index in [0.29, 0.717) is 32.6 Å². The first-order valence-electron chi connectivity index (χ1n) is 10.2. The first-order chi connectivity index (χ1) is 13.1. The van der Waals surface area contributed by atoms with Crippen molar-refractivity contribution in [3.05, 3.63) is 35.4 Å². The SMILES string of the molecule is CCCCCCC(=O)NCCc1ccc(C[C@H](OCC)C(=O)OCC)cc1.Cl. The van der Waals surface area contributed by atoms with Crippen molar-refractivity contribution in [2.24, 2.45) is 0 Å². The van der Waals surface area contributed by atoms with Crippen LogP contribution in [0.3, 0.4) is 0 Å². The van der Waals surface area contributed by atoms with Gasteiger partial charge in [-0.2, -0.15) is 0 Å². The van der Waals surface area contributed by atoms with Crippen LogP contribution in [0.2, 0.25) is 0 Å². The van der Waals surface area contributed by atoms with E-state index in [4.69, 9.17) is 9.47 Å². The number of esters is 1. The molecule has 6 heteroatoms. The average Bonchev–Trinajstić information content (AvgIpc) is 2.66. The molecule has 0 saturated heterocycles. The molecule has 0 aliphatic heterocycles. The third-order valence-corrected chi connectivity index (χ3v) is 4.35. The molecule has 1 N–H and O–H groups in total. The lowest BCUT2D eigenvalue weighted by atomic mass is 10.0. The standard InChI is InChI=1S/C22H35NO4.ClH/c1-4-7-8-9-10-21(24)23-16-15-18-11-13-19(14-12-18)17-20(26-5-2)22(25)27-6-3;/h11-14,20H,4-10,15-17H2,1-3H3,(H,23,24);1H/t20-;/m0./s1. The van der Waals surface area contributed by atoms with Crippen LogP contribution in [0.15, 0.2) is 24.3 Å². The molecule has 0 bridgehead atoms. The summed E-state index contributed by atoms with van der Waals surface area (Å²) in [6, 6.07) is 8.09. The molecule has 1 amide bonds. The normalized spacial score (nSPS) is 11.4. The van der Waals surface area contributed by atoms with E-state index in [1.807, 2.05) is 31.2 Å². The zero-order chi connectivity index (χ0) is 19.9. The van der Waals surface area contributed by atoms with Crippen molar-refractivity contribution in [3.8, 4) is 0 Å². The quantitative estimate of drug-likeness (QED) is 0.366. The zero-order valence-corrected chi connectivity index (χ0v) is 18.3. The van der Waals surface area contributed by atoms with Gasteiger partial charge in [0, 0.05) is 26.0 Å². The van der Waals surface area contributed by atoms with E-state index < -0.39 is 6.10 Å². The number of hydrogen-bond donors (Lipinski definition) is 1. The highest BCUT2D eigenvalue weighted by atomic mass is 35.5. The van der Waals surface area contributed by atoms with Crippen molar-refractivity contribution in [1.82, 2.24) is 5.32 Å². The van der Waals surface area contributed by atoms with Gasteiger partial charge in [0.15, 0.2) is 6.10 Å². The van der Waals surface area contributed by atoms with Crippen molar-refractivity contribution in [1.29, 1.82) is 0 Å². The molecule has 28 heavy (non-hydrogen) atoms. The minimum atomic E-state index is -0.562. The van der Waals surface area contributed by atoms with Crippen LogP contribution in [0.4, 0.5) is 0 Å². The predicted molar refractivity (Wildman–Crippen MR) is 115 cm³/mol. The van der Waals surface area contributed by atoms with Crippen molar-refractivity contribution in [2.75, 3.05) is 19.8 Å². The minimum absolute atomic E-state index is 0. The van der Waals surface area contributed by atoms with Crippen LogP contribution < -0.4 is 5.32 Å². The second kappa shape index (κ2) is 16.4. The van der Waals surface area contributed by atoms with E-state index >= 15 is 0 Å². The van der Waals surface area contributed by atoms with Gasteiger partial charge in [0.1, 0.15) is 0 Å². The molecule has 0 aromatic heterocycles. The highest BCUT2D eigenvalue weighted by molar-refractivity contribution is 5.85. The lowest BCUT2D eigenvalue weighted by molar-refractivity contribution is -0.156. The van der Waals surface area contributed by atoms with Crippen molar-refractivity contribution in [3.63, 3.8) is 0 Å². The van der Waals surface area contributed by atoms with Gasteiger partial charge in [-0.25, -0.2) is 4.79 Å². The summed E-state index contributed by atoms with van der Waals surface area (Å²) in [4.78, 5) is 23.7. The number of amides is 1. The maximum absolute atomic E-state index is 11.9. The van der Waals surface area contributed by atoms with Gasteiger partial charge in [0.2, 0.25) is 5.91 Å². The van der Waals surface area contributed by atoms with Crippen molar-refractivity contribution in [2.45, 2.75) is 71.8 Å². The molecule has 0 aliphatic rings. The van der Waals surface area contributed by atoms with Crippen LogP contribution in [0, 0.1) is 0 Å². The molecule has 0 aliphatic carbocycles. The summed E-state index contributed by atoms with van der Waals surface area (Å²) in [5.41, 5.74) is 2.19. The van der Waals surface area contributed by atoms with Gasteiger partial charge in [-0.15, -0.1) is 12.4 Å². The van der Waals surface area contributed by atoms with Crippen LogP contribution >= 0.6 is 12.4 Å². The number of carbonyl (C=O) groups is 2. The molecular weight excluding hydrogens is 378 g/mol. The van der Waals surface area contributed by atoms with Gasteiger partial charge >= 0.3 is 5.97 Å². The Balaban J connectivity index is 0.00000729. The molecule has 1 atom stereocenters. The first kappa shape index (κ1) is 26.4. The Morgan fingerprint density at radius 1 is 0.964 bits per heavy atom. The number of hydrogen-bond acceptors (Lipinski definition) is 4. The fraction of sp³-hybridized carbons (Fsp3) is 0.636. The molecule has 0 heterocycles. The second-order valence-corrected chi connectivity index (χ2v) is 6.63. The molecule has 1 aromatic rings. The lowest BCUT2D eigenvalue weighted by Crippen LogP contribution is -2.29. The Bertz CT molecular complexity index is 548. The largest absolute Gasteiger partial charge is 0.464 e. The van der Waals surface area contributed by atoms with E-state index in [0.717, 1.165) is 30.4 Å². The summed E-state index contributed by atoms with van der Waals surface area (Å²) >= 11 is 0. The van der Waals surface area contributed by atoms with Crippen LogP contribution in [0.25, 0.3) is 0 Å². The van der Waals surface area contributed by atoms with Crippen LogP contribution in [0.5, 0.6) is 0 Å². The van der Waals surface area contributed by atoms with Crippen molar-refractivity contribution < 1.29 is 19.1 Å². The number of benzene rings is 1. The Kier molecular flexibility index (Phi) is 15.4. The molecule has 0 spiro atoms. The summed E-state index contributed by atoms with van der Waals surface area (Å²) in [6.07, 6.45) is 5.83. The smallest absolute Gasteiger partial charge is 0.335 e. The summed E-state index contributed by atoms with van der Waals surface area (Å²) < 4.78 is 10.6. The Morgan fingerprint density at radius 3 is 2.25 bits per heavy atom. The maximum atomic E-state index is 11.9. The summed E-state index contributed by atoms with van der Waals surface area (Å²) in [5, 5.41) is 2.98. The highest BCUT2D eigenvalue weighted by Crippen LogP contribution is 2.11. The molecule has 160 valence electrons.